The number of hydrogen-bond acceptors (Lipinski definition) is 4. The topological polar surface area (TPSA) is 71.1 Å². The fourth-order valence-corrected chi connectivity index (χ4v) is 3.09. The van der Waals surface area contributed by atoms with E-state index in [0.29, 0.717) is 24.8 Å². The van der Waals surface area contributed by atoms with E-state index in [9.17, 15) is 13.6 Å². The van der Waals surface area contributed by atoms with Crippen LogP contribution in [0.2, 0.25) is 0 Å². The molecule has 0 saturated carbocycles. The number of nitrogens with zero attached hydrogens (tertiary/aromatic N) is 3. The van der Waals surface area contributed by atoms with E-state index in [0.717, 1.165) is 31.4 Å². The molecule has 0 aliphatic carbocycles. The van der Waals surface area contributed by atoms with Crippen molar-refractivity contribution in [2.75, 3.05) is 13.7 Å². The molecule has 134 valence electrons. The molecule has 1 unspecified atom stereocenters. The van der Waals surface area contributed by atoms with E-state index in [1.165, 1.54) is 6.07 Å². The van der Waals surface area contributed by atoms with Gasteiger partial charge in [-0.05, 0) is 30.9 Å². The Morgan fingerprint density at radius 3 is 3.00 bits per heavy atom. The van der Waals surface area contributed by atoms with Gasteiger partial charge < -0.3 is 9.64 Å². The third kappa shape index (κ3) is 4.01. The maximum atomic E-state index is 13.8. The third-order valence-corrected chi connectivity index (χ3v) is 4.31. The number of carbonyl (C=O) groups excluding carboxylic acids is 1. The molecule has 3 rings (SSSR count). The lowest BCUT2D eigenvalue weighted by molar-refractivity contribution is -0.134. The molecule has 1 aliphatic heterocycles. The molecule has 1 aliphatic rings. The second kappa shape index (κ2) is 7.69. The second-order valence-electron chi connectivity index (χ2n) is 6.08. The van der Waals surface area contributed by atoms with Gasteiger partial charge in [-0.3, -0.25) is 9.89 Å². The standard InChI is InChI=1S/C17H20F2N4O2/c1-25-10-15-20-17(22-21-15)14-4-2-3-7-23(14)16(24)8-11-5-6-12(18)9-13(11)19/h5-6,9,14H,2-4,7-8,10H2,1H3,(H,20,21,22). The van der Waals surface area contributed by atoms with Crippen molar-refractivity contribution in [3.05, 3.63) is 47.0 Å². The van der Waals surface area contributed by atoms with Gasteiger partial charge in [0, 0.05) is 19.7 Å². The molecular weight excluding hydrogens is 330 g/mol. The summed E-state index contributed by atoms with van der Waals surface area (Å²) < 4.78 is 31.9. The number of H-pyrrole nitrogens is 1. The van der Waals surface area contributed by atoms with Crippen molar-refractivity contribution in [3.63, 3.8) is 0 Å². The second-order valence-corrected chi connectivity index (χ2v) is 6.08. The predicted molar refractivity (Wildman–Crippen MR) is 85.5 cm³/mol. The van der Waals surface area contributed by atoms with Crippen LogP contribution in [0.15, 0.2) is 18.2 Å². The SMILES string of the molecule is COCc1nc(C2CCCCN2C(=O)Cc2ccc(F)cc2F)n[nH]1. The highest BCUT2D eigenvalue weighted by Gasteiger charge is 2.31. The molecule has 6 nitrogen and oxygen atoms in total. The smallest absolute Gasteiger partial charge is 0.227 e. The average Bonchev–Trinajstić information content (AvgIpc) is 3.06. The maximum absolute atomic E-state index is 13.8. The number of halogens is 2. The summed E-state index contributed by atoms with van der Waals surface area (Å²) in [5, 5.41) is 7.00. The van der Waals surface area contributed by atoms with Crippen LogP contribution in [-0.2, 0) is 22.6 Å². The van der Waals surface area contributed by atoms with Crippen molar-refractivity contribution in [2.45, 2.75) is 38.3 Å². The van der Waals surface area contributed by atoms with Gasteiger partial charge in [0.15, 0.2) is 11.6 Å². The first kappa shape index (κ1) is 17.5. The van der Waals surface area contributed by atoms with E-state index in [1.807, 2.05) is 0 Å². The molecule has 0 bridgehead atoms. The molecule has 25 heavy (non-hydrogen) atoms. The van der Waals surface area contributed by atoms with E-state index in [4.69, 9.17) is 4.74 Å². The molecule has 1 aromatic heterocycles. The molecule has 1 atom stereocenters. The van der Waals surface area contributed by atoms with Gasteiger partial charge in [0.1, 0.15) is 18.2 Å². The van der Waals surface area contributed by atoms with E-state index < -0.39 is 11.6 Å². The van der Waals surface area contributed by atoms with Crippen LogP contribution in [0.4, 0.5) is 8.78 Å². The minimum Gasteiger partial charge on any atom is -0.377 e. The van der Waals surface area contributed by atoms with Gasteiger partial charge in [-0.15, -0.1) is 0 Å². The molecule has 0 spiro atoms. The van der Waals surface area contributed by atoms with E-state index in [2.05, 4.69) is 15.2 Å². The van der Waals surface area contributed by atoms with E-state index >= 15 is 0 Å². The summed E-state index contributed by atoms with van der Waals surface area (Å²) in [6.45, 7) is 0.884. The fraction of sp³-hybridized carbons (Fsp3) is 0.471. The highest BCUT2D eigenvalue weighted by molar-refractivity contribution is 5.79. The lowest BCUT2D eigenvalue weighted by Gasteiger charge is -2.34. The average molecular weight is 350 g/mol. The zero-order valence-corrected chi connectivity index (χ0v) is 14.0. The molecule has 1 saturated heterocycles. The molecule has 8 heteroatoms. The van der Waals surface area contributed by atoms with Crippen molar-refractivity contribution in [2.24, 2.45) is 0 Å². The lowest BCUT2D eigenvalue weighted by Crippen LogP contribution is -2.40. The normalized spacial score (nSPS) is 17.7. The van der Waals surface area contributed by atoms with Gasteiger partial charge in [0.25, 0.3) is 0 Å². The monoisotopic (exact) mass is 350 g/mol. The number of hydrogen-bond donors (Lipinski definition) is 1. The van der Waals surface area contributed by atoms with Crippen LogP contribution in [0.5, 0.6) is 0 Å². The molecule has 1 aromatic carbocycles. The van der Waals surface area contributed by atoms with Crippen molar-refractivity contribution < 1.29 is 18.3 Å². The number of nitrogens with one attached hydrogen (secondary N) is 1. The third-order valence-electron chi connectivity index (χ3n) is 4.31. The Hall–Kier alpha value is -2.35. The number of amides is 1. The van der Waals surface area contributed by atoms with Gasteiger partial charge in [-0.1, -0.05) is 6.07 Å². The van der Waals surface area contributed by atoms with Crippen LogP contribution in [0, 0.1) is 11.6 Å². The van der Waals surface area contributed by atoms with Gasteiger partial charge in [0.2, 0.25) is 5.91 Å². The van der Waals surface area contributed by atoms with Gasteiger partial charge >= 0.3 is 0 Å². The highest BCUT2D eigenvalue weighted by atomic mass is 19.1. The van der Waals surface area contributed by atoms with Gasteiger partial charge in [-0.2, -0.15) is 5.10 Å². The number of likely N-dealkylation sites (tertiary alicyclic amines) is 1. The first-order valence-corrected chi connectivity index (χ1v) is 8.22. The number of methoxy groups -OCH3 is 1. The largest absolute Gasteiger partial charge is 0.377 e. The number of benzene rings is 1. The summed E-state index contributed by atoms with van der Waals surface area (Å²) in [4.78, 5) is 18.8. The number of aromatic nitrogens is 3. The van der Waals surface area contributed by atoms with Crippen LogP contribution in [0.1, 0.15) is 42.5 Å². The highest BCUT2D eigenvalue weighted by Crippen LogP contribution is 2.29. The number of carbonyl (C=O) groups is 1. The molecule has 0 radical (unpaired) electrons. The van der Waals surface area contributed by atoms with Gasteiger partial charge in [-0.25, -0.2) is 13.8 Å². The molecule has 1 N–H and O–H groups in total. The summed E-state index contributed by atoms with van der Waals surface area (Å²) in [7, 11) is 1.57. The van der Waals surface area contributed by atoms with Crippen LogP contribution in [0.3, 0.4) is 0 Å². The summed E-state index contributed by atoms with van der Waals surface area (Å²) in [6, 6.07) is 3.02. The lowest BCUT2D eigenvalue weighted by atomic mass is 10.00. The minimum atomic E-state index is -0.706. The Morgan fingerprint density at radius 2 is 2.24 bits per heavy atom. The quantitative estimate of drug-likeness (QED) is 0.899. The van der Waals surface area contributed by atoms with Crippen LogP contribution < -0.4 is 0 Å². The first-order chi connectivity index (χ1) is 12.1. The van der Waals surface area contributed by atoms with Crippen molar-refractivity contribution in [1.29, 1.82) is 0 Å². The van der Waals surface area contributed by atoms with E-state index in [-0.39, 0.29) is 23.9 Å². The number of piperidine rings is 1. The van der Waals surface area contributed by atoms with Crippen LogP contribution >= 0.6 is 0 Å². The minimum absolute atomic E-state index is 0.113. The maximum Gasteiger partial charge on any atom is 0.227 e. The molecule has 1 amide bonds. The fourth-order valence-electron chi connectivity index (χ4n) is 3.09. The Morgan fingerprint density at radius 1 is 1.40 bits per heavy atom. The number of aromatic amines is 1. The molecule has 2 aromatic rings. The molecule has 1 fully saturated rings. The Labute approximate surface area is 144 Å². The zero-order chi connectivity index (χ0) is 17.8. The van der Waals surface area contributed by atoms with E-state index in [1.54, 1.807) is 12.0 Å². The Bertz CT molecular complexity index is 750. The Balaban J connectivity index is 1.76. The van der Waals surface area contributed by atoms with Crippen molar-refractivity contribution in [1.82, 2.24) is 20.1 Å². The van der Waals surface area contributed by atoms with Crippen molar-refractivity contribution in [3.8, 4) is 0 Å². The summed E-state index contributed by atoms with van der Waals surface area (Å²) in [5.74, 6) is -0.439. The van der Waals surface area contributed by atoms with Crippen molar-refractivity contribution >= 4 is 5.91 Å². The van der Waals surface area contributed by atoms with Crippen LogP contribution in [0.25, 0.3) is 0 Å². The number of ether oxygens (including phenoxy) is 1. The first-order valence-electron chi connectivity index (χ1n) is 8.22. The number of rotatable bonds is 5. The predicted octanol–water partition coefficient (Wildman–Crippen LogP) is 2.53. The summed E-state index contributed by atoms with van der Waals surface area (Å²) >= 11 is 0. The van der Waals surface area contributed by atoms with Gasteiger partial charge in [0.05, 0.1) is 12.5 Å². The zero-order valence-electron chi connectivity index (χ0n) is 14.0. The van der Waals surface area contributed by atoms with Crippen LogP contribution in [-0.4, -0.2) is 39.6 Å². The Kier molecular flexibility index (Phi) is 5.37. The summed E-state index contributed by atoms with van der Waals surface area (Å²) in [6.07, 6.45) is 2.48. The molecule has 2 heterocycles. The summed E-state index contributed by atoms with van der Waals surface area (Å²) in [5.41, 5.74) is 0.186. The molecular formula is C17H20F2N4O2.